The maximum absolute atomic E-state index is 11.7. The van der Waals surface area contributed by atoms with Gasteiger partial charge in [-0.15, -0.1) is 0 Å². The van der Waals surface area contributed by atoms with Gasteiger partial charge >= 0.3 is 0 Å². The van der Waals surface area contributed by atoms with E-state index in [1.165, 1.54) is 0 Å². The van der Waals surface area contributed by atoms with Crippen LogP contribution in [0.4, 0.5) is 0 Å². The number of pyridine rings is 1. The SMILES string of the molecule is C/C=C/C(=O)c1cccc2cccnc12. The first kappa shape index (κ1) is 9.59. The van der Waals surface area contributed by atoms with Gasteiger partial charge in [0.05, 0.1) is 5.52 Å². The van der Waals surface area contributed by atoms with Gasteiger partial charge in [0.15, 0.2) is 5.78 Å². The number of allylic oxidation sites excluding steroid dienone is 2. The summed E-state index contributed by atoms with van der Waals surface area (Å²) in [6.45, 7) is 1.83. The summed E-state index contributed by atoms with van der Waals surface area (Å²) in [6, 6.07) is 9.45. The Bertz CT molecular complexity index is 524. The third-order valence-corrected chi connectivity index (χ3v) is 2.22. The highest BCUT2D eigenvalue weighted by molar-refractivity contribution is 6.12. The van der Waals surface area contributed by atoms with Gasteiger partial charge in [-0.3, -0.25) is 9.78 Å². The fourth-order valence-corrected chi connectivity index (χ4v) is 1.54. The zero-order valence-corrected chi connectivity index (χ0v) is 8.47. The fourth-order valence-electron chi connectivity index (χ4n) is 1.54. The first-order valence-electron chi connectivity index (χ1n) is 4.83. The average Bonchev–Trinajstić information content (AvgIpc) is 2.28. The van der Waals surface area contributed by atoms with Crippen molar-refractivity contribution in [3.05, 3.63) is 54.2 Å². The van der Waals surface area contributed by atoms with Gasteiger partial charge in [-0.1, -0.05) is 24.3 Å². The highest BCUT2D eigenvalue weighted by Gasteiger charge is 2.06. The molecule has 1 heterocycles. The van der Waals surface area contributed by atoms with Crippen LogP contribution in [0.15, 0.2) is 48.7 Å². The number of hydrogen-bond donors (Lipinski definition) is 0. The van der Waals surface area contributed by atoms with Gasteiger partial charge in [0, 0.05) is 17.1 Å². The van der Waals surface area contributed by atoms with Crippen LogP contribution in [0.3, 0.4) is 0 Å². The van der Waals surface area contributed by atoms with Crippen LogP contribution < -0.4 is 0 Å². The van der Waals surface area contributed by atoms with Crippen LogP contribution in [0.5, 0.6) is 0 Å². The summed E-state index contributed by atoms with van der Waals surface area (Å²) in [4.78, 5) is 16.0. The van der Waals surface area contributed by atoms with E-state index in [1.807, 2.05) is 31.2 Å². The Morgan fingerprint density at radius 3 is 2.87 bits per heavy atom. The van der Waals surface area contributed by atoms with Crippen molar-refractivity contribution < 1.29 is 4.79 Å². The molecule has 0 aliphatic carbocycles. The Morgan fingerprint density at radius 2 is 2.07 bits per heavy atom. The van der Waals surface area contributed by atoms with E-state index in [9.17, 15) is 4.79 Å². The van der Waals surface area contributed by atoms with E-state index in [0.717, 1.165) is 10.9 Å². The summed E-state index contributed by atoms with van der Waals surface area (Å²) >= 11 is 0. The molecular weight excluding hydrogens is 186 g/mol. The standard InChI is InChI=1S/C13H11NO/c1-2-5-12(15)11-8-3-6-10-7-4-9-14-13(10)11/h2-9H,1H3/b5-2+. The van der Waals surface area contributed by atoms with Gasteiger partial charge in [-0.25, -0.2) is 0 Å². The summed E-state index contributed by atoms with van der Waals surface area (Å²) in [5.41, 5.74) is 1.43. The lowest BCUT2D eigenvalue weighted by Gasteiger charge is -2.01. The lowest BCUT2D eigenvalue weighted by atomic mass is 10.1. The Hall–Kier alpha value is -1.96. The van der Waals surface area contributed by atoms with Gasteiger partial charge in [0.2, 0.25) is 0 Å². The largest absolute Gasteiger partial charge is 0.289 e. The molecule has 0 fully saturated rings. The second-order valence-corrected chi connectivity index (χ2v) is 3.24. The molecule has 0 aliphatic heterocycles. The van der Waals surface area contributed by atoms with E-state index in [-0.39, 0.29) is 5.78 Å². The second-order valence-electron chi connectivity index (χ2n) is 3.24. The van der Waals surface area contributed by atoms with Crippen molar-refractivity contribution in [3.63, 3.8) is 0 Å². The van der Waals surface area contributed by atoms with Gasteiger partial charge in [0.25, 0.3) is 0 Å². The molecule has 0 aliphatic rings. The van der Waals surface area contributed by atoms with Crippen molar-refractivity contribution in [3.8, 4) is 0 Å². The van der Waals surface area contributed by atoms with Crippen LogP contribution in [0.25, 0.3) is 10.9 Å². The summed E-state index contributed by atoms with van der Waals surface area (Å²) in [7, 11) is 0. The molecule has 0 amide bonds. The number of benzene rings is 1. The van der Waals surface area contributed by atoms with E-state index >= 15 is 0 Å². The minimum absolute atomic E-state index is 0.00167. The van der Waals surface area contributed by atoms with E-state index in [4.69, 9.17) is 0 Å². The first-order valence-corrected chi connectivity index (χ1v) is 4.83. The van der Waals surface area contributed by atoms with Gasteiger partial charge < -0.3 is 0 Å². The second kappa shape index (κ2) is 4.05. The Labute approximate surface area is 88.3 Å². The van der Waals surface area contributed by atoms with Crippen molar-refractivity contribution in [1.82, 2.24) is 4.98 Å². The molecule has 1 aromatic heterocycles. The monoisotopic (exact) mass is 197 g/mol. The lowest BCUT2D eigenvalue weighted by Crippen LogP contribution is -1.96. The lowest BCUT2D eigenvalue weighted by molar-refractivity contribution is 0.104. The average molecular weight is 197 g/mol. The van der Waals surface area contributed by atoms with Crippen molar-refractivity contribution in [2.24, 2.45) is 0 Å². The molecule has 0 bridgehead atoms. The van der Waals surface area contributed by atoms with E-state index < -0.39 is 0 Å². The van der Waals surface area contributed by atoms with E-state index in [1.54, 1.807) is 24.4 Å². The molecule has 0 atom stereocenters. The molecule has 0 spiro atoms. The molecule has 2 rings (SSSR count). The van der Waals surface area contributed by atoms with Crippen LogP contribution >= 0.6 is 0 Å². The minimum atomic E-state index is 0.00167. The number of carbonyl (C=O) groups excluding carboxylic acids is 1. The molecular formula is C13H11NO. The molecule has 0 saturated carbocycles. The fraction of sp³-hybridized carbons (Fsp3) is 0.0769. The van der Waals surface area contributed by atoms with Crippen LogP contribution in [-0.4, -0.2) is 10.8 Å². The predicted molar refractivity (Wildman–Crippen MR) is 60.9 cm³/mol. The number of rotatable bonds is 2. The number of hydrogen-bond acceptors (Lipinski definition) is 2. The molecule has 15 heavy (non-hydrogen) atoms. The molecule has 74 valence electrons. The number of carbonyl (C=O) groups is 1. The van der Waals surface area contributed by atoms with E-state index in [0.29, 0.717) is 5.56 Å². The first-order chi connectivity index (χ1) is 7.33. The molecule has 1 aromatic carbocycles. The quantitative estimate of drug-likeness (QED) is 0.547. The summed E-state index contributed by atoms with van der Waals surface area (Å²) in [6.07, 6.45) is 5.00. The summed E-state index contributed by atoms with van der Waals surface area (Å²) in [5, 5.41) is 0.993. The maximum atomic E-state index is 11.7. The summed E-state index contributed by atoms with van der Waals surface area (Å²) < 4.78 is 0. The maximum Gasteiger partial charge on any atom is 0.187 e. The number of para-hydroxylation sites is 1. The molecule has 0 unspecified atom stereocenters. The van der Waals surface area contributed by atoms with Crippen LogP contribution in [0.1, 0.15) is 17.3 Å². The molecule has 0 N–H and O–H groups in total. The minimum Gasteiger partial charge on any atom is -0.289 e. The van der Waals surface area contributed by atoms with E-state index in [2.05, 4.69) is 4.98 Å². The predicted octanol–water partition coefficient (Wildman–Crippen LogP) is 2.99. The van der Waals surface area contributed by atoms with Gasteiger partial charge in [0.1, 0.15) is 0 Å². The molecule has 2 nitrogen and oxygen atoms in total. The van der Waals surface area contributed by atoms with Gasteiger partial charge in [-0.05, 0) is 25.1 Å². The number of nitrogens with zero attached hydrogens (tertiary/aromatic N) is 1. The third-order valence-electron chi connectivity index (χ3n) is 2.22. The van der Waals surface area contributed by atoms with Crippen molar-refractivity contribution >= 4 is 16.7 Å². The van der Waals surface area contributed by atoms with Crippen molar-refractivity contribution in [1.29, 1.82) is 0 Å². The molecule has 2 heteroatoms. The topological polar surface area (TPSA) is 30.0 Å². The number of aromatic nitrogens is 1. The number of ketones is 1. The smallest absolute Gasteiger partial charge is 0.187 e. The Balaban J connectivity index is 2.65. The molecule has 2 aromatic rings. The van der Waals surface area contributed by atoms with Crippen LogP contribution in [0.2, 0.25) is 0 Å². The Morgan fingerprint density at radius 1 is 1.27 bits per heavy atom. The Kier molecular flexibility index (Phi) is 2.59. The normalized spacial score (nSPS) is 11.0. The number of fused-ring (bicyclic) bond motifs is 1. The summed E-state index contributed by atoms with van der Waals surface area (Å²) in [5.74, 6) is 0.00167. The van der Waals surface area contributed by atoms with Crippen molar-refractivity contribution in [2.45, 2.75) is 6.92 Å². The van der Waals surface area contributed by atoms with Crippen LogP contribution in [0, 0.1) is 0 Å². The molecule has 0 radical (unpaired) electrons. The molecule has 0 saturated heterocycles. The zero-order chi connectivity index (χ0) is 10.7. The van der Waals surface area contributed by atoms with Gasteiger partial charge in [-0.2, -0.15) is 0 Å². The highest BCUT2D eigenvalue weighted by Crippen LogP contribution is 2.16. The third kappa shape index (κ3) is 1.79. The zero-order valence-electron chi connectivity index (χ0n) is 8.47. The van der Waals surface area contributed by atoms with Crippen molar-refractivity contribution in [2.75, 3.05) is 0 Å². The highest BCUT2D eigenvalue weighted by atomic mass is 16.1. The van der Waals surface area contributed by atoms with Crippen LogP contribution in [-0.2, 0) is 0 Å².